The molecule has 1 N–H and O–H groups in total. The summed E-state index contributed by atoms with van der Waals surface area (Å²) in [6.07, 6.45) is 2.52. The highest BCUT2D eigenvalue weighted by molar-refractivity contribution is 5.89. The summed E-state index contributed by atoms with van der Waals surface area (Å²) in [6, 6.07) is 6.91. The molecule has 2 bridgehead atoms. The van der Waals surface area contributed by atoms with Crippen LogP contribution in [0.4, 0.5) is 0 Å². The summed E-state index contributed by atoms with van der Waals surface area (Å²) in [5.41, 5.74) is 0.366. The molecule has 0 fully saturated rings. The van der Waals surface area contributed by atoms with Gasteiger partial charge in [0.2, 0.25) is 5.91 Å². The zero-order valence-corrected chi connectivity index (χ0v) is 20.8. The number of aryl methyl sites for hydroxylation is 1. The maximum Gasteiger partial charge on any atom is 0.328 e. The Bertz CT molecular complexity index is 796. The molecule has 0 radical (unpaired) electrons. The van der Waals surface area contributed by atoms with Crippen molar-refractivity contribution in [3.05, 3.63) is 29.8 Å². The van der Waals surface area contributed by atoms with Gasteiger partial charge in [-0.2, -0.15) is 0 Å². The second-order valence-corrected chi connectivity index (χ2v) is 10.1. The van der Waals surface area contributed by atoms with Gasteiger partial charge in [0.1, 0.15) is 17.4 Å². The van der Waals surface area contributed by atoms with Gasteiger partial charge in [-0.3, -0.25) is 9.59 Å². The van der Waals surface area contributed by atoms with Gasteiger partial charge in [0.25, 0.3) is 0 Å². The van der Waals surface area contributed by atoms with E-state index in [9.17, 15) is 14.4 Å². The van der Waals surface area contributed by atoms with Gasteiger partial charge in [-0.25, -0.2) is 4.79 Å². The molecule has 7 heteroatoms. The number of rotatable bonds is 4. The first kappa shape index (κ1) is 26.7. The molecule has 7 nitrogen and oxygen atoms in total. The van der Waals surface area contributed by atoms with Crippen LogP contribution in [-0.4, -0.2) is 43.2 Å². The van der Waals surface area contributed by atoms with Crippen LogP contribution in [0.2, 0.25) is 0 Å². The second-order valence-electron chi connectivity index (χ2n) is 10.1. The van der Waals surface area contributed by atoms with Gasteiger partial charge in [0.15, 0.2) is 0 Å². The number of ether oxygens (including phenoxy) is 3. The number of amides is 1. The minimum absolute atomic E-state index is 0.177. The van der Waals surface area contributed by atoms with Gasteiger partial charge in [-0.15, -0.1) is 0 Å². The Labute approximate surface area is 197 Å². The molecule has 0 unspecified atom stereocenters. The number of methoxy groups -OCH3 is 1. The van der Waals surface area contributed by atoms with E-state index in [2.05, 4.69) is 5.32 Å². The van der Waals surface area contributed by atoms with Crippen molar-refractivity contribution < 1.29 is 28.6 Å². The molecule has 184 valence electrons. The number of esters is 2. The Hall–Kier alpha value is -2.57. The monoisotopic (exact) mass is 461 g/mol. The number of hydrogen-bond acceptors (Lipinski definition) is 6. The number of carbonyl (C=O) groups is 3. The van der Waals surface area contributed by atoms with E-state index in [-0.39, 0.29) is 11.8 Å². The van der Waals surface area contributed by atoms with Crippen molar-refractivity contribution in [2.75, 3.05) is 13.7 Å². The number of hydrogen-bond donors (Lipinski definition) is 1. The van der Waals surface area contributed by atoms with Crippen LogP contribution in [0, 0.1) is 17.8 Å². The lowest BCUT2D eigenvalue weighted by molar-refractivity contribution is -0.164. The second kappa shape index (κ2) is 12.1. The van der Waals surface area contributed by atoms with E-state index in [0.29, 0.717) is 38.7 Å². The SMILES string of the molecule is COC(=O)[C@@H]1CCc2ccc(cc2)OCCC[C@H](C(=O)OC(C)(C)C)[C@@H](CC(C)C)C(=O)N1. The molecule has 2 aliphatic rings. The van der Waals surface area contributed by atoms with Crippen LogP contribution in [0.15, 0.2) is 24.3 Å². The Kier molecular flexibility index (Phi) is 9.74. The molecule has 0 aliphatic carbocycles. The summed E-state index contributed by atoms with van der Waals surface area (Å²) in [5, 5.41) is 2.88. The molecule has 2 aliphatic heterocycles. The third-order valence-corrected chi connectivity index (χ3v) is 5.63. The summed E-state index contributed by atoms with van der Waals surface area (Å²) < 4.78 is 16.5. The normalized spacial score (nSPS) is 22.5. The maximum atomic E-state index is 13.5. The standard InChI is InChI=1S/C26H39NO6/c1-17(2)16-21-20(24(29)33-26(3,4)5)8-7-15-32-19-12-9-18(10-13-19)11-14-22(25(30)31-6)27-23(21)28/h9-10,12-13,17,20-22H,7-8,11,14-16H2,1-6H3,(H,27,28)/t20-,21+,22-/m0/s1. The van der Waals surface area contributed by atoms with E-state index in [1.165, 1.54) is 7.11 Å². The first-order valence-corrected chi connectivity index (χ1v) is 11.8. The molecule has 0 saturated heterocycles. The Morgan fingerprint density at radius 3 is 2.36 bits per heavy atom. The highest BCUT2D eigenvalue weighted by Gasteiger charge is 2.38. The van der Waals surface area contributed by atoms with Crippen LogP contribution in [-0.2, 0) is 30.3 Å². The summed E-state index contributed by atoms with van der Waals surface area (Å²) >= 11 is 0. The zero-order valence-electron chi connectivity index (χ0n) is 20.8. The van der Waals surface area contributed by atoms with Gasteiger partial charge in [-0.05, 0) is 76.5 Å². The molecule has 0 aromatic heterocycles. The summed E-state index contributed by atoms with van der Waals surface area (Å²) in [7, 11) is 1.31. The van der Waals surface area contributed by atoms with Crippen LogP contribution in [0.5, 0.6) is 5.75 Å². The quantitative estimate of drug-likeness (QED) is 0.680. The van der Waals surface area contributed by atoms with Gasteiger partial charge in [0.05, 0.1) is 25.6 Å². The van der Waals surface area contributed by atoms with E-state index < -0.39 is 35.4 Å². The molecule has 1 amide bonds. The van der Waals surface area contributed by atoms with E-state index >= 15 is 0 Å². The van der Waals surface area contributed by atoms with Crippen LogP contribution < -0.4 is 10.1 Å². The van der Waals surface area contributed by atoms with Crippen molar-refractivity contribution in [2.45, 2.75) is 78.4 Å². The number of carbonyl (C=O) groups excluding carboxylic acids is 3. The number of fused-ring (bicyclic) bond motifs is 12. The topological polar surface area (TPSA) is 90.9 Å². The first-order chi connectivity index (χ1) is 15.5. The molecule has 3 rings (SSSR count). The fraction of sp³-hybridized carbons (Fsp3) is 0.654. The highest BCUT2D eigenvalue weighted by atomic mass is 16.6. The first-order valence-electron chi connectivity index (χ1n) is 11.8. The maximum absolute atomic E-state index is 13.5. The van der Waals surface area contributed by atoms with E-state index in [0.717, 1.165) is 11.3 Å². The van der Waals surface area contributed by atoms with Crippen molar-refractivity contribution in [1.29, 1.82) is 0 Å². The average Bonchev–Trinajstić information content (AvgIpc) is 2.74. The predicted octanol–water partition coefficient (Wildman–Crippen LogP) is 4.07. The van der Waals surface area contributed by atoms with Crippen LogP contribution >= 0.6 is 0 Å². The zero-order chi connectivity index (χ0) is 24.6. The van der Waals surface area contributed by atoms with Gasteiger partial charge < -0.3 is 19.5 Å². The van der Waals surface area contributed by atoms with Crippen molar-refractivity contribution in [3.63, 3.8) is 0 Å². The average molecular weight is 462 g/mol. The molecular weight excluding hydrogens is 422 g/mol. The number of nitrogens with one attached hydrogen (secondary N) is 1. The van der Waals surface area contributed by atoms with Crippen molar-refractivity contribution in [1.82, 2.24) is 5.32 Å². The van der Waals surface area contributed by atoms with Gasteiger partial charge in [-0.1, -0.05) is 26.0 Å². The fourth-order valence-corrected chi connectivity index (χ4v) is 4.05. The summed E-state index contributed by atoms with van der Waals surface area (Å²) in [5.74, 6) is -1.54. The summed E-state index contributed by atoms with van der Waals surface area (Å²) in [4.78, 5) is 39.1. The predicted molar refractivity (Wildman–Crippen MR) is 126 cm³/mol. The van der Waals surface area contributed by atoms with Crippen molar-refractivity contribution >= 4 is 17.8 Å². The smallest absolute Gasteiger partial charge is 0.328 e. The largest absolute Gasteiger partial charge is 0.494 e. The third kappa shape index (κ3) is 8.71. The van der Waals surface area contributed by atoms with E-state index in [4.69, 9.17) is 14.2 Å². The fourth-order valence-electron chi connectivity index (χ4n) is 4.05. The molecule has 3 atom stereocenters. The third-order valence-electron chi connectivity index (χ3n) is 5.63. The van der Waals surface area contributed by atoms with Crippen LogP contribution in [0.1, 0.15) is 65.9 Å². The molecule has 0 spiro atoms. The van der Waals surface area contributed by atoms with E-state index in [1.807, 2.05) is 58.9 Å². The lowest BCUT2D eigenvalue weighted by Crippen LogP contribution is -2.48. The lowest BCUT2D eigenvalue weighted by atomic mass is 9.81. The highest BCUT2D eigenvalue weighted by Crippen LogP contribution is 2.29. The van der Waals surface area contributed by atoms with E-state index in [1.54, 1.807) is 0 Å². The molecule has 1 aromatic carbocycles. The van der Waals surface area contributed by atoms with Crippen LogP contribution in [0.3, 0.4) is 0 Å². The Balaban J connectivity index is 2.38. The van der Waals surface area contributed by atoms with Gasteiger partial charge in [0, 0.05) is 0 Å². The lowest BCUT2D eigenvalue weighted by Gasteiger charge is -2.30. The van der Waals surface area contributed by atoms with Crippen molar-refractivity contribution in [2.24, 2.45) is 17.8 Å². The summed E-state index contributed by atoms with van der Waals surface area (Å²) in [6.45, 7) is 9.90. The number of benzene rings is 1. The molecular formula is C26H39NO6. The van der Waals surface area contributed by atoms with Crippen LogP contribution in [0.25, 0.3) is 0 Å². The Morgan fingerprint density at radius 1 is 1.12 bits per heavy atom. The Morgan fingerprint density at radius 2 is 1.79 bits per heavy atom. The van der Waals surface area contributed by atoms with Gasteiger partial charge >= 0.3 is 11.9 Å². The minimum atomic E-state index is -0.794. The van der Waals surface area contributed by atoms with Crippen molar-refractivity contribution in [3.8, 4) is 5.75 Å². The molecule has 1 aromatic rings. The molecule has 0 saturated carbocycles. The minimum Gasteiger partial charge on any atom is -0.494 e. The molecule has 2 heterocycles. The molecule has 33 heavy (non-hydrogen) atoms.